The van der Waals surface area contributed by atoms with Crippen LogP contribution in [0.1, 0.15) is 11.1 Å². The molecular formula is C26H26N2O7S. The highest BCUT2D eigenvalue weighted by Crippen LogP contribution is 2.33. The maximum Gasteiger partial charge on any atom is 0.348 e. The molecule has 1 N–H and O–H groups in total. The summed E-state index contributed by atoms with van der Waals surface area (Å²) < 4.78 is 44.2. The topological polar surface area (TPSA) is 111 Å². The van der Waals surface area contributed by atoms with Crippen LogP contribution in [0.3, 0.4) is 0 Å². The van der Waals surface area contributed by atoms with Gasteiger partial charge < -0.3 is 19.1 Å². The van der Waals surface area contributed by atoms with E-state index < -0.39 is 28.0 Å². The molecule has 0 aliphatic carbocycles. The molecule has 0 fully saturated rings. The second-order valence-corrected chi connectivity index (χ2v) is 10.0. The number of nitrogens with one attached hydrogen (secondary N) is 1. The van der Waals surface area contributed by atoms with Crippen molar-refractivity contribution in [1.82, 2.24) is 0 Å². The molecule has 3 aromatic rings. The van der Waals surface area contributed by atoms with Crippen molar-refractivity contribution in [2.24, 2.45) is 0 Å². The number of ether oxygens (including phenoxy) is 3. The number of fused-ring (bicyclic) bond motifs is 1. The summed E-state index contributed by atoms with van der Waals surface area (Å²) in [5.41, 5.74) is 2.89. The number of para-hydroxylation sites is 2. The summed E-state index contributed by atoms with van der Waals surface area (Å²) in [5, 5.41) is 0. The summed E-state index contributed by atoms with van der Waals surface area (Å²) in [4.78, 5) is 26.4. The Morgan fingerprint density at radius 2 is 1.69 bits per heavy atom. The van der Waals surface area contributed by atoms with Gasteiger partial charge in [-0.1, -0.05) is 18.2 Å². The number of methoxy groups -OCH3 is 1. The monoisotopic (exact) mass is 510 g/mol. The number of rotatable bonds is 7. The molecule has 0 unspecified atom stereocenters. The van der Waals surface area contributed by atoms with Crippen molar-refractivity contribution in [3.63, 3.8) is 0 Å². The van der Waals surface area contributed by atoms with E-state index in [4.69, 9.17) is 14.2 Å². The molecule has 0 saturated heterocycles. The second kappa shape index (κ2) is 10.3. The number of esters is 1. The number of carbonyl (C=O) groups excluding carboxylic acids is 2. The van der Waals surface area contributed by atoms with Crippen LogP contribution in [0.4, 0.5) is 11.4 Å². The zero-order chi connectivity index (χ0) is 25.9. The molecule has 1 atom stereocenters. The molecule has 9 nitrogen and oxygen atoms in total. The lowest BCUT2D eigenvalue weighted by molar-refractivity contribution is -0.148. The minimum atomic E-state index is -3.80. The summed E-state index contributed by atoms with van der Waals surface area (Å²) in [5.74, 6) is -0.277. The summed E-state index contributed by atoms with van der Waals surface area (Å²) >= 11 is 0. The first-order chi connectivity index (χ1) is 17.2. The number of carbonyl (C=O) groups is 2. The second-order valence-electron chi connectivity index (χ2n) is 8.34. The molecule has 36 heavy (non-hydrogen) atoms. The first-order valence-corrected chi connectivity index (χ1v) is 12.6. The molecule has 1 amide bonds. The highest BCUT2D eigenvalue weighted by atomic mass is 32.2. The first-order valence-electron chi connectivity index (χ1n) is 11.1. The molecule has 0 spiro atoms. The normalized spacial score (nSPS) is 14.9. The molecule has 188 valence electrons. The lowest BCUT2D eigenvalue weighted by Crippen LogP contribution is -2.48. The van der Waals surface area contributed by atoms with Crippen LogP contribution in [-0.2, 0) is 24.3 Å². The summed E-state index contributed by atoms with van der Waals surface area (Å²) in [7, 11) is -2.55. The molecule has 0 aromatic heterocycles. The van der Waals surface area contributed by atoms with E-state index in [0.29, 0.717) is 22.9 Å². The SMILES string of the molecule is COC(=O)[C@H]1CN(C(=O)COc2ccc(S(=O)(=O)Nc3cc(C)cc(C)c3)cc2)c2ccccc2O1. The van der Waals surface area contributed by atoms with E-state index in [-0.39, 0.29) is 18.0 Å². The number of benzene rings is 3. The Morgan fingerprint density at radius 1 is 1.03 bits per heavy atom. The zero-order valence-corrected chi connectivity index (χ0v) is 20.9. The highest BCUT2D eigenvalue weighted by molar-refractivity contribution is 7.92. The van der Waals surface area contributed by atoms with Gasteiger partial charge in [-0.3, -0.25) is 9.52 Å². The van der Waals surface area contributed by atoms with E-state index in [0.717, 1.165) is 11.1 Å². The van der Waals surface area contributed by atoms with Gasteiger partial charge in [0, 0.05) is 5.69 Å². The van der Waals surface area contributed by atoms with E-state index >= 15 is 0 Å². The smallest absolute Gasteiger partial charge is 0.348 e. The largest absolute Gasteiger partial charge is 0.484 e. The number of sulfonamides is 1. The van der Waals surface area contributed by atoms with Gasteiger partial charge in [0.15, 0.2) is 6.61 Å². The third-order valence-corrected chi connectivity index (χ3v) is 6.91. The van der Waals surface area contributed by atoms with Crippen molar-refractivity contribution < 1.29 is 32.2 Å². The predicted octanol–water partition coefficient (Wildman–Crippen LogP) is 3.45. The van der Waals surface area contributed by atoms with Crippen molar-refractivity contribution in [3.8, 4) is 11.5 Å². The minimum Gasteiger partial charge on any atom is -0.484 e. The van der Waals surface area contributed by atoms with Crippen LogP contribution >= 0.6 is 0 Å². The number of amides is 1. The Hall–Kier alpha value is -4.05. The van der Waals surface area contributed by atoms with E-state index in [2.05, 4.69) is 4.72 Å². The van der Waals surface area contributed by atoms with Gasteiger partial charge in [0.1, 0.15) is 11.5 Å². The predicted molar refractivity (Wildman–Crippen MR) is 134 cm³/mol. The maximum atomic E-state index is 13.0. The zero-order valence-electron chi connectivity index (χ0n) is 20.1. The summed E-state index contributed by atoms with van der Waals surface area (Å²) in [6.45, 7) is 3.44. The van der Waals surface area contributed by atoms with Gasteiger partial charge in [0.2, 0.25) is 6.10 Å². The van der Waals surface area contributed by atoms with Crippen molar-refractivity contribution in [3.05, 3.63) is 77.9 Å². The molecule has 0 radical (unpaired) electrons. The molecule has 4 rings (SSSR count). The molecule has 3 aromatic carbocycles. The third kappa shape index (κ3) is 5.60. The van der Waals surface area contributed by atoms with Crippen LogP contribution in [0.25, 0.3) is 0 Å². The van der Waals surface area contributed by atoms with Gasteiger partial charge in [0.25, 0.3) is 15.9 Å². The van der Waals surface area contributed by atoms with Gasteiger partial charge in [0.05, 0.1) is 24.2 Å². The van der Waals surface area contributed by atoms with Gasteiger partial charge in [-0.05, 0) is 73.5 Å². The van der Waals surface area contributed by atoms with Crippen LogP contribution in [0.5, 0.6) is 11.5 Å². The molecular weight excluding hydrogens is 484 g/mol. The minimum absolute atomic E-state index is 0.0207. The molecule has 10 heteroatoms. The standard InChI is InChI=1S/C26H26N2O7S/c1-17-12-18(2)14-19(13-17)27-36(31,32)21-10-8-20(9-11-21)34-16-25(29)28-15-24(26(30)33-3)35-23-7-5-4-6-22(23)28/h4-14,24,27H,15-16H2,1-3H3/t24-/m1/s1. The highest BCUT2D eigenvalue weighted by Gasteiger charge is 2.34. The molecule has 1 aliphatic heterocycles. The first kappa shape index (κ1) is 25.1. The maximum absolute atomic E-state index is 13.0. The van der Waals surface area contributed by atoms with E-state index in [1.165, 1.54) is 36.3 Å². The van der Waals surface area contributed by atoms with Crippen LogP contribution in [0.15, 0.2) is 71.6 Å². The Kier molecular flexibility index (Phi) is 7.16. The quantitative estimate of drug-likeness (QED) is 0.485. The van der Waals surface area contributed by atoms with Gasteiger partial charge in [-0.2, -0.15) is 0 Å². The lowest BCUT2D eigenvalue weighted by Gasteiger charge is -2.33. The Morgan fingerprint density at radius 3 is 2.36 bits per heavy atom. The number of nitrogens with zero attached hydrogens (tertiary/aromatic N) is 1. The van der Waals surface area contributed by atoms with Gasteiger partial charge in [-0.25, -0.2) is 13.2 Å². The number of anilines is 2. The van der Waals surface area contributed by atoms with E-state index in [1.54, 1.807) is 36.4 Å². The lowest BCUT2D eigenvalue weighted by atomic mass is 10.1. The van der Waals surface area contributed by atoms with Crippen LogP contribution < -0.4 is 19.1 Å². The molecule has 0 saturated carbocycles. The fourth-order valence-corrected chi connectivity index (χ4v) is 4.95. The van der Waals surface area contributed by atoms with Gasteiger partial charge >= 0.3 is 5.97 Å². The molecule has 0 bridgehead atoms. The molecule has 1 heterocycles. The van der Waals surface area contributed by atoms with Crippen molar-refractivity contribution >= 4 is 33.3 Å². The number of aryl methyl sites for hydroxylation is 2. The Balaban J connectivity index is 1.43. The summed E-state index contributed by atoms with van der Waals surface area (Å²) in [6, 6.07) is 18.1. The number of hydrogen-bond acceptors (Lipinski definition) is 7. The Bertz CT molecular complexity index is 1370. The number of hydrogen-bond donors (Lipinski definition) is 1. The van der Waals surface area contributed by atoms with E-state index in [1.807, 2.05) is 19.9 Å². The van der Waals surface area contributed by atoms with Crippen molar-refractivity contribution in [2.45, 2.75) is 24.8 Å². The fourth-order valence-electron chi connectivity index (χ4n) is 3.91. The van der Waals surface area contributed by atoms with Crippen LogP contribution in [0.2, 0.25) is 0 Å². The Labute approximate surface area is 209 Å². The van der Waals surface area contributed by atoms with Crippen molar-refractivity contribution in [2.75, 3.05) is 29.9 Å². The van der Waals surface area contributed by atoms with E-state index in [9.17, 15) is 18.0 Å². The average molecular weight is 511 g/mol. The van der Waals surface area contributed by atoms with Gasteiger partial charge in [-0.15, -0.1) is 0 Å². The third-order valence-electron chi connectivity index (χ3n) is 5.51. The van der Waals surface area contributed by atoms with Crippen molar-refractivity contribution in [1.29, 1.82) is 0 Å². The average Bonchev–Trinajstić information content (AvgIpc) is 2.85. The van der Waals surface area contributed by atoms with Crippen LogP contribution in [-0.4, -0.2) is 46.7 Å². The van der Waals surface area contributed by atoms with Crippen LogP contribution in [0, 0.1) is 13.8 Å². The molecule has 1 aliphatic rings. The fraction of sp³-hybridized carbons (Fsp3) is 0.231. The summed E-state index contributed by atoms with van der Waals surface area (Å²) in [6.07, 6.45) is -0.956.